The molecule has 0 atom stereocenters. The van der Waals surface area contributed by atoms with Crippen LogP contribution >= 0.6 is 0 Å². The summed E-state index contributed by atoms with van der Waals surface area (Å²) in [5.41, 5.74) is 3.69. The minimum absolute atomic E-state index is 0. The molecule has 0 radical (unpaired) electrons. The number of nitrogens with zero attached hydrogens (tertiary/aromatic N) is 2. The number of anilines is 2. The van der Waals surface area contributed by atoms with Crippen molar-refractivity contribution < 1.29 is 39.3 Å². The van der Waals surface area contributed by atoms with Crippen LogP contribution in [0.15, 0.2) is 59.7 Å². The van der Waals surface area contributed by atoms with Crippen LogP contribution in [-0.4, -0.2) is 26.2 Å². The quantitative estimate of drug-likeness (QED) is 0.0641. The fourth-order valence-corrected chi connectivity index (χ4v) is 5.67. The Morgan fingerprint density at radius 2 is 0.927 bits per heavy atom. The number of allylic oxidation sites excluding steroid dienone is 8. The molecule has 2 aliphatic carbocycles. The predicted octanol–water partition coefficient (Wildman–Crippen LogP) is 14.6. The molecule has 2 nitrogen and oxygen atoms in total. The minimum Gasteiger partial charge on any atom is -0.421 e. The smallest absolute Gasteiger partial charge is 0.421 e. The van der Waals surface area contributed by atoms with Crippen LogP contribution in [0.5, 0.6) is 0 Å². The molecule has 7 heteroatoms. The Balaban J connectivity index is 0.000000799. The fourth-order valence-electron chi connectivity index (χ4n) is 5.67. The van der Waals surface area contributed by atoms with E-state index in [4.69, 9.17) is 0 Å². The van der Waals surface area contributed by atoms with E-state index in [0.29, 0.717) is 11.4 Å². The van der Waals surface area contributed by atoms with E-state index < -0.39 is 23.3 Å². The fraction of sp³-hybridized carbons (Fsp3) is 0.583. The van der Waals surface area contributed by atoms with E-state index in [0.717, 1.165) is 77.5 Å². The van der Waals surface area contributed by atoms with Crippen LogP contribution in [0.4, 0.5) is 28.9 Å². The molecule has 0 bridgehead atoms. The van der Waals surface area contributed by atoms with Gasteiger partial charge in [0.05, 0.1) is 0 Å². The predicted molar refractivity (Wildman–Crippen MR) is 224 cm³/mol. The summed E-state index contributed by atoms with van der Waals surface area (Å²) in [6, 6.07) is 9.94. The van der Waals surface area contributed by atoms with E-state index in [1.807, 2.05) is 9.80 Å². The number of rotatable bonds is 18. The number of halogens is 4. The van der Waals surface area contributed by atoms with Gasteiger partial charge in [0.25, 0.3) is 0 Å². The van der Waals surface area contributed by atoms with Gasteiger partial charge in [-0.05, 0) is 47.9 Å². The Labute approximate surface area is 349 Å². The molecule has 2 aromatic carbocycles. The van der Waals surface area contributed by atoms with Gasteiger partial charge in [-0.2, -0.15) is 12.2 Å². The van der Waals surface area contributed by atoms with E-state index in [-0.39, 0.29) is 32.5 Å². The van der Waals surface area contributed by atoms with Crippen molar-refractivity contribution in [3.63, 3.8) is 0 Å². The van der Waals surface area contributed by atoms with E-state index in [1.54, 1.807) is 0 Å². The molecule has 2 aliphatic rings. The number of benzene rings is 2. The van der Waals surface area contributed by atoms with Gasteiger partial charge in [-0.1, -0.05) is 108 Å². The summed E-state index contributed by atoms with van der Waals surface area (Å²) in [4.78, 5) is 4.09. The van der Waals surface area contributed by atoms with E-state index in [2.05, 4.69) is 118 Å². The van der Waals surface area contributed by atoms with Gasteiger partial charge in [-0.15, -0.1) is 49.2 Å². The van der Waals surface area contributed by atoms with Gasteiger partial charge in [0.2, 0.25) is 0 Å². The average molecular weight is 799 g/mol. The summed E-state index contributed by atoms with van der Waals surface area (Å²) < 4.78 is 54.1. The first kappa shape index (κ1) is 52.4. The summed E-state index contributed by atoms with van der Waals surface area (Å²) in [5, 5.41) is 0. The monoisotopic (exact) mass is 798 g/mol. The maximum absolute atomic E-state index is 14.0. The van der Waals surface area contributed by atoms with Crippen molar-refractivity contribution in [1.29, 1.82) is 0 Å². The van der Waals surface area contributed by atoms with Crippen LogP contribution in [-0.2, 0) is 21.7 Å². The van der Waals surface area contributed by atoms with E-state index >= 15 is 0 Å². The molecule has 0 unspecified atom stereocenters. The zero-order valence-electron chi connectivity index (χ0n) is 35.8. The first-order valence-electron chi connectivity index (χ1n) is 20.3. The van der Waals surface area contributed by atoms with Crippen LogP contribution in [0.3, 0.4) is 0 Å². The van der Waals surface area contributed by atoms with Gasteiger partial charge < -0.3 is 9.80 Å². The van der Waals surface area contributed by atoms with Gasteiger partial charge in [-0.25, -0.2) is 40.9 Å². The summed E-state index contributed by atoms with van der Waals surface area (Å²) in [6.45, 7) is 24.6. The molecule has 0 heterocycles. The Bertz CT molecular complexity index is 1340. The first-order valence-corrected chi connectivity index (χ1v) is 20.3. The summed E-state index contributed by atoms with van der Waals surface area (Å²) >= 11 is 0. The average Bonchev–Trinajstić information content (AvgIpc) is 3.81. The molecule has 2 aromatic rings. The second kappa shape index (κ2) is 28.8. The molecule has 55 heavy (non-hydrogen) atoms. The third-order valence-corrected chi connectivity index (χ3v) is 9.81. The Morgan fingerprint density at radius 1 is 0.564 bits per heavy atom. The molecule has 0 N–H and O–H groups in total. The van der Waals surface area contributed by atoms with Crippen LogP contribution < -0.4 is 9.80 Å². The maximum atomic E-state index is 14.0. The third-order valence-electron chi connectivity index (χ3n) is 9.81. The molecule has 4 rings (SSSR count). The molecule has 0 amide bonds. The molecule has 304 valence electrons. The van der Waals surface area contributed by atoms with Crippen molar-refractivity contribution in [3.8, 4) is 0 Å². The zero-order valence-corrected chi connectivity index (χ0v) is 37.4. The number of hydrogen-bond acceptors (Lipinski definition) is 2. The molecule has 0 aliphatic heterocycles. The number of hydrogen-bond donors (Lipinski definition) is 0. The summed E-state index contributed by atoms with van der Waals surface area (Å²) in [7, 11) is 0. The molecule has 0 saturated carbocycles. The topological polar surface area (TPSA) is 6.48 Å². The molecule has 0 aromatic heterocycles. The van der Waals surface area contributed by atoms with Crippen molar-refractivity contribution >= 4 is 11.4 Å². The minimum atomic E-state index is -0.642. The van der Waals surface area contributed by atoms with E-state index in [1.165, 1.54) is 61.1 Å². The normalized spacial score (nSPS) is 13.0. The van der Waals surface area contributed by atoms with Gasteiger partial charge in [0, 0.05) is 49.4 Å². The SMILES string of the molecule is CC1=[C-]CC=C1.CC1=[C-]CC=C1.CCCCCCN(CC(C)(C)CC)c1ccc(F)[c-]c1F.CCCCCCN(CC(C)(C)CC)c1ccc(F)[c-]c1F.[Ti+4]. The van der Waals surface area contributed by atoms with Crippen LogP contribution in [0.25, 0.3) is 0 Å². The maximum Gasteiger partial charge on any atom is 4.00 e. The van der Waals surface area contributed by atoms with Crippen molar-refractivity contribution in [3.05, 3.63) is 107 Å². The van der Waals surface area contributed by atoms with Gasteiger partial charge in [0.15, 0.2) is 0 Å². The molecular formula is C48H70F4N2Ti. The van der Waals surface area contributed by atoms with Gasteiger partial charge in [-0.3, -0.25) is 12.2 Å². The number of unbranched alkanes of at least 4 members (excludes halogenated alkanes) is 6. The standard InChI is InChI=1S/2C18H28F2N.2C6H7.Ti/c2*1-5-7-8-9-12-21(14-18(3,4)6-2)17-11-10-15(19)13-16(17)20;2*1-6-4-2-3-5-6;/h2*10-11H,5-9,12,14H2,1-4H3;2*2,4H,3H2,1H3;/q4*-1;+4. The Kier molecular flexibility index (Phi) is 27.4. The van der Waals surface area contributed by atoms with Crippen LogP contribution in [0.1, 0.15) is 146 Å². The van der Waals surface area contributed by atoms with Crippen molar-refractivity contribution in [2.45, 2.75) is 146 Å². The third kappa shape index (κ3) is 23.3. The first-order chi connectivity index (χ1) is 25.6. The van der Waals surface area contributed by atoms with Crippen LogP contribution in [0.2, 0.25) is 0 Å². The second-order valence-corrected chi connectivity index (χ2v) is 15.9. The van der Waals surface area contributed by atoms with Crippen molar-refractivity contribution in [1.82, 2.24) is 0 Å². The molecule has 0 fully saturated rings. The summed E-state index contributed by atoms with van der Waals surface area (Å²) in [6.07, 6.45) is 27.8. The van der Waals surface area contributed by atoms with E-state index in [9.17, 15) is 17.6 Å². The van der Waals surface area contributed by atoms with Gasteiger partial charge in [0.1, 0.15) is 0 Å². The summed E-state index contributed by atoms with van der Waals surface area (Å²) in [5.74, 6) is -2.45. The molecule has 0 saturated heterocycles. The Hall–Kier alpha value is -2.57. The largest absolute Gasteiger partial charge is 4.00 e. The zero-order chi connectivity index (χ0) is 40.6. The Morgan fingerprint density at radius 3 is 1.16 bits per heavy atom. The molecular weight excluding hydrogens is 728 g/mol. The van der Waals surface area contributed by atoms with Crippen molar-refractivity contribution in [2.75, 3.05) is 36.0 Å². The van der Waals surface area contributed by atoms with Gasteiger partial charge >= 0.3 is 21.7 Å². The molecule has 0 spiro atoms. The van der Waals surface area contributed by atoms with Crippen LogP contribution in [0, 0.1) is 58.4 Å². The second-order valence-electron chi connectivity index (χ2n) is 15.9. The van der Waals surface area contributed by atoms with Crippen molar-refractivity contribution in [2.24, 2.45) is 10.8 Å².